The third kappa shape index (κ3) is 6.45. The maximum Gasteiger partial charge on any atom is 0.191 e. The van der Waals surface area contributed by atoms with Crippen LogP contribution < -0.4 is 10.6 Å². The fourth-order valence-electron chi connectivity index (χ4n) is 2.26. The Morgan fingerprint density at radius 1 is 1.25 bits per heavy atom. The number of nitrogens with zero attached hydrogens (tertiary/aromatic N) is 1. The second kappa shape index (κ2) is 10.3. The van der Waals surface area contributed by atoms with Crippen molar-refractivity contribution in [1.82, 2.24) is 10.6 Å². The van der Waals surface area contributed by atoms with Gasteiger partial charge in [-0.1, -0.05) is 37.3 Å². The third-order valence-corrected chi connectivity index (χ3v) is 5.72. The second-order valence-electron chi connectivity index (χ2n) is 5.61. The van der Waals surface area contributed by atoms with E-state index >= 15 is 0 Å². The Morgan fingerprint density at radius 3 is 2.71 bits per heavy atom. The van der Waals surface area contributed by atoms with E-state index in [1.54, 1.807) is 18.4 Å². The van der Waals surface area contributed by atoms with Crippen LogP contribution in [0.5, 0.6) is 0 Å². The van der Waals surface area contributed by atoms with Gasteiger partial charge in [-0.05, 0) is 33.9 Å². The first kappa shape index (κ1) is 18.7. The lowest BCUT2D eigenvalue weighted by atomic mass is 10.1. The number of nitrogens with one attached hydrogen (secondary N) is 2. The molecule has 0 bridgehead atoms. The van der Waals surface area contributed by atoms with Gasteiger partial charge in [0.25, 0.3) is 0 Å². The number of thiophene rings is 1. The molecule has 0 aliphatic carbocycles. The first-order valence-electron chi connectivity index (χ1n) is 8.04. The van der Waals surface area contributed by atoms with E-state index < -0.39 is 10.8 Å². The predicted octanol–water partition coefficient (Wildman–Crippen LogP) is 2.97. The lowest BCUT2D eigenvalue weighted by Gasteiger charge is -2.15. The van der Waals surface area contributed by atoms with Gasteiger partial charge in [-0.3, -0.25) is 9.20 Å². The van der Waals surface area contributed by atoms with Gasteiger partial charge in [-0.2, -0.15) is 11.3 Å². The lowest BCUT2D eigenvalue weighted by Crippen LogP contribution is -2.40. The van der Waals surface area contributed by atoms with E-state index in [2.05, 4.69) is 39.4 Å². The topological polar surface area (TPSA) is 53.5 Å². The van der Waals surface area contributed by atoms with Crippen LogP contribution >= 0.6 is 11.3 Å². The number of guanidine groups is 1. The average Bonchev–Trinajstić information content (AvgIpc) is 3.13. The van der Waals surface area contributed by atoms with E-state index in [9.17, 15) is 4.21 Å². The van der Waals surface area contributed by atoms with Crippen LogP contribution in [0.1, 0.15) is 24.0 Å². The summed E-state index contributed by atoms with van der Waals surface area (Å²) in [6, 6.07) is 12.1. The van der Waals surface area contributed by atoms with Gasteiger partial charge in [0.2, 0.25) is 0 Å². The van der Waals surface area contributed by atoms with Crippen LogP contribution in [0.25, 0.3) is 0 Å². The highest BCUT2D eigenvalue weighted by Gasteiger charge is 2.07. The predicted molar refractivity (Wildman–Crippen MR) is 105 cm³/mol. The minimum Gasteiger partial charge on any atom is -0.356 e. The number of rotatable bonds is 8. The molecule has 2 rings (SSSR count). The fraction of sp³-hybridized carbons (Fsp3) is 0.389. The first-order valence-corrected chi connectivity index (χ1v) is 10.5. The highest BCUT2D eigenvalue weighted by Crippen LogP contribution is 2.16. The van der Waals surface area contributed by atoms with Crippen molar-refractivity contribution in [2.45, 2.75) is 18.6 Å². The Hall–Kier alpha value is -1.66. The molecule has 1 aromatic carbocycles. The molecular weight excluding hydrogens is 338 g/mol. The molecule has 24 heavy (non-hydrogen) atoms. The molecule has 4 nitrogen and oxygen atoms in total. The van der Waals surface area contributed by atoms with E-state index in [0.29, 0.717) is 24.0 Å². The van der Waals surface area contributed by atoms with Crippen molar-refractivity contribution in [2.75, 3.05) is 25.9 Å². The summed E-state index contributed by atoms with van der Waals surface area (Å²) in [6.45, 7) is 3.66. The quantitative estimate of drug-likeness (QED) is 0.560. The second-order valence-corrected chi connectivity index (χ2v) is 7.97. The summed E-state index contributed by atoms with van der Waals surface area (Å²) in [7, 11) is 0.885. The van der Waals surface area contributed by atoms with Gasteiger partial charge in [0.15, 0.2) is 5.96 Å². The van der Waals surface area contributed by atoms with Crippen LogP contribution in [0.15, 0.2) is 52.2 Å². The molecule has 1 aromatic heterocycles. The number of hydrogen-bond donors (Lipinski definition) is 2. The molecule has 2 N–H and O–H groups in total. The molecule has 2 unspecified atom stereocenters. The van der Waals surface area contributed by atoms with Gasteiger partial charge in [-0.25, -0.2) is 0 Å². The summed E-state index contributed by atoms with van der Waals surface area (Å²) in [5, 5.41) is 10.8. The van der Waals surface area contributed by atoms with Gasteiger partial charge in [0.05, 0.1) is 0 Å². The van der Waals surface area contributed by atoms with E-state index in [4.69, 9.17) is 0 Å². The summed E-state index contributed by atoms with van der Waals surface area (Å²) >= 11 is 1.72. The minimum atomic E-state index is -0.870. The highest BCUT2D eigenvalue weighted by molar-refractivity contribution is 7.84. The standard InChI is InChI=1S/C18H25N3OS2/c1-15(17-8-10-23-13-17)12-21-18(19-2)20-9-11-24(22)14-16-6-4-3-5-7-16/h3-8,10,13,15H,9,11-12,14H2,1-2H3,(H2,19,20,21). The number of hydrogen-bond acceptors (Lipinski definition) is 3. The van der Waals surface area contributed by atoms with Crippen molar-refractivity contribution in [1.29, 1.82) is 0 Å². The molecule has 0 saturated heterocycles. The Labute approximate surface area is 150 Å². The fourth-order valence-corrected chi connectivity index (χ4v) is 4.08. The highest BCUT2D eigenvalue weighted by atomic mass is 32.2. The molecule has 0 spiro atoms. The SMILES string of the molecule is CN=C(NCCS(=O)Cc1ccccc1)NCC(C)c1ccsc1. The zero-order valence-corrected chi connectivity index (χ0v) is 15.8. The zero-order valence-electron chi connectivity index (χ0n) is 14.2. The molecule has 130 valence electrons. The van der Waals surface area contributed by atoms with E-state index in [1.807, 2.05) is 30.3 Å². The maximum absolute atomic E-state index is 12.1. The van der Waals surface area contributed by atoms with Gasteiger partial charge < -0.3 is 10.6 Å². The maximum atomic E-state index is 12.1. The summed E-state index contributed by atoms with van der Waals surface area (Å²) in [5.41, 5.74) is 2.45. The molecule has 0 amide bonds. The average molecular weight is 364 g/mol. The van der Waals surface area contributed by atoms with E-state index in [-0.39, 0.29) is 0 Å². The molecule has 0 fully saturated rings. The number of benzene rings is 1. The molecule has 0 saturated carbocycles. The summed E-state index contributed by atoms with van der Waals surface area (Å²) in [6.07, 6.45) is 0. The van der Waals surface area contributed by atoms with Crippen molar-refractivity contribution < 1.29 is 4.21 Å². The van der Waals surface area contributed by atoms with Crippen LogP contribution in [0.3, 0.4) is 0 Å². The van der Waals surface area contributed by atoms with E-state index in [1.165, 1.54) is 5.56 Å². The minimum absolute atomic E-state index is 0.432. The van der Waals surface area contributed by atoms with Crippen molar-refractivity contribution in [2.24, 2.45) is 4.99 Å². The Kier molecular flexibility index (Phi) is 7.98. The normalized spacial score (nSPS) is 14.2. The summed E-state index contributed by atoms with van der Waals surface area (Å²) in [4.78, 5) is 4.22. The number of aliphatic imine (C=N–C) groups is 1. The van der Waals surface area contributed by atoms with Crippen molar-refractivity contribution >= 4 is 28.1 Å². The first-order chi connectivity index (χ1) is 11.7. The van der Waals surface area contributed by atoms with Crippen LogP contribution in [0, 0.1) is 0 Å². The lowest BCUT2D eigenvalue weighted by molar-refractivity contribution is 0.679. The van der Waals surface area contributed by atoms with Crippen molar-refractivity contribution in [3.63, 3.8) is 0 Å². The largest absolute Gasteiger partial charge is 0.356 e. The molecular formula is C18H25N3OS2. The van der Waals surface area contributed by atoms with Gasteiger partial charge >= 0.3 is 0 Å². The smallest absolute Gasteiger partial charge is 0.191 e. The zero-order chi connectivity index (χ0) is 17.2. The monoisotopic (exact) mass is 363 g/mol. The van der Waals surface area contributed by atoms with E-state index in [0.717, 1.165) is 18.1 Å². The molecule has 6 heteroatoms. The Bertz CT molecular complexity index is 642. The van der Waals surface area contributed by atoms with Crippen LogP contribution in [-0.2, 0) is 16.6 Å². The van der Waals surface area contributed by atoms with Crippen molar-refractivity contribution in [3.8, 4) is 0 Å². The van der Waals surface area contributed by atoms with Gasteiger partial charge in [0.1, 0.15) is 0 Å². The Morgan fingerprint density at radius 2 is 2.04 bits per heavy atom. The molecule has 0 aliphatic rings. The molecule has 0 radical (unpaired) electrons. The van der Waals surface area contributed by atoms with Crippen LogP contribution in [0.4, 0.5) is 0 Å². The molecule has 2 aromatic rings. The van der Waals surface area contributed by atoms with Gasteiger partial charge in [-0.15, -0.1) is 0 Å². The van der Waals surface area contributed by atoms with Crippen LogP contribution in [-0.4, -0.2) is 36.1 Å². The van der Waals surface area contributed by atoms with Crippen LogP contribution in [0.2, 0.25) is 0 Å². The summed E-state index contributed by atoms with van der Waals surface area (Å²) in [5.74, 6) is 2.40. The Balaban J connectivity index is 1.67. The molecule has 0 aliphatic heterocycles. The molecule has 2 atom stereocenters. The van der Waals surface area contributed by atoms with Gasteiger partial charge in [0, 0.05) is 42.4 Å². The molecule has 1 heterocycles. The van der Waals surface area contributed by atoms with Crippen molar-refractivity contribution in [3.05, 3.63) is 58.3 Å². The third-order valence-electron chi connectivity index (χ3n) is 3.70. The summed E-state index contributed by atoms with van der Waals surface area (Å²) < 4.78 is 12.1.